The Balaban J connectivity index is 0.00000128. The van der Waals surface area contributed by atoms with Gasteiger partial charge in [0, 0.05) is 32.0 Å². The maximum absolute atomic E-state index is 11.9. The zero-order valence-electron chi connectivity index (χ0n) is 9.84. The lowest BCUT2D eigenvalue weighted by Gasteiger charge is -2.35. The molecule has 0 aliphatic carbocycles. The summed E-state index contributed by atoms with van der Waals surface area (Å²) in [6.07, 6.45) is 1.64. The molecule has 0 aromatic carbocycles. The van der Waals surface area contributed by atoms with Crippen molar-refractivity contribution < 1.29 is 4.79 Å². The van der Waals surface area contributed by atoms with Gasteiger partial charge < -0.3 is 10.2 Å². The molecule has 0 saturated carbocycles. The first-order valence-corrected chi connectivity index (χ1v) is 5.09. The van der Waals surface area contributed by atoms with E-state index < -0.39 is 0 Å². The Morgan fingerprint density at radius 3 is 2.47 bits per heavy atom. The van der Waals surface area contributed by atoms with Crippen molar-refractivity contribution in [3.8, 4) is 0 Å². The molecule has 1 aliphatic rings. The molecule has 2 rings (SSSR count). The second kappa shape index (κ2) is 6.79. The summed E-state index contributed by atoms with van der Waals surface area (Å²) in [7, 11) is 1.84. The first kappa shape index (κ1) is 16.2. The molecule has 0 spiro atoms. The number of rotatable bonds is 2. The molecule has 4 nitrogen and oxygen atoms in total. The van der Waals surface area contributed by atoms with Gasteiger partial charge in [0.1, 0.15) is 0 Å². The SMILES string of the molecule is Cc1ccc(C(=O)N(C)C2CNC2)cn1.Cl.Cl. The van der Waals surface area contributed by atoms with Gasteiger partial charge in [0.05, 0.1) is 11.6 Å². The summed E-state index contributed by atoms with van der Waals surface area (Å²) in [5.41, 5.74) is 1.59. The fourth-order valence-corrected chi connectivity index (χ4v) is 1.51. The molecule has 1 amide bonds. The number of pyridine rings is 1. The van der Waals surface area contributed by atoms with Gasteiger partial charge in [-0.25, -0.2) is 0 Å². The molecule has 1 aromatic rings. The third-order valence-electron chi connectivity index (χ3n) is 2.79. The molecule has 0 atom stereocenters. The number of aromatic nitrogens is 1. The quantitative estimate of drug-likeness (QED) is 0.886. The molecule has 0 unspecified atom stereocenters. The van der Waals surface area contributed by atoms with Crippen molar-refractivity contribution in [1.29, 1.82) is 0 Å². The Bertz CT molecular complexity index is 365. The van der Waals surface area contributed by atoms with E-state index in [9.17, 15) is 4.79 Å². The number of aryl methyl sites for hydroxylation is 1. The van der Waals surface area contributed by atoms with Crippen LogP contribution in [-0.2, 0) is 0 Å². The van der Waals surface area contributed by atoms with E-state index in [1.54, 1.807) is 11.1 Å². The Morgan fingerprint density at radius 2 is 2.06 bits per heavy atom. The average Bonchev–Trinajstić information content (AvgIpc) is 2.15. The molecule has 17 heavy (non-hydrogen) atoms. The van der Waals surface area contributed by atoms with Crippen molar-refractivity contribution in [3.05, 3.63) is 29.6 Å². The highest BCUT2D eigenvalue weighted by Crippen LogP contribution is 2.08. The molecule has 0 radical (unpaired) electrons. The molecule has 6 heteroatoms. The molecule has 96 valence electrons. The minimum atomic E-state index is 0. The van der Waals surface area contributed by atoms with Crippen molar-refractivity contribution in [2.75, 3.05) is 20.1 Å². The highest BCUT2D eigenvalue weighted by molar-refractivity contribution is 5.94. The van der Waals surface area contributed by atoms with E-state index in [1.807, 2.05) is 26.1 Å². The van der Waals surface area contributed by atoms with Crippen molar-refractivity contribution in [2.24, 2.45) is 0 Å². The smallest absolute Gasteiger partial charge is 0.255 e. The van der Waals surface area contributed by atoms with Gasteiger partial charge in [-0.3, -0.25) is 9.78 Å². The van der Waals surface area contributed by atoms with E-state index in [-0.39, 0.29) is 30.7 Å². The highest BCUT2D eigenvalue weighted by Gasteiger charge is 2.25. The zero-order valence-corrected chi connectivity index (χ0v) is 11.5. The largest absolute Gasteiger partial charge is 0.336 e. The van der Waals surface area contributed by atoms with Gasteiger partial charge in [0.15, 0.2) is 0 Å². The minimum absolute atomic E-state index is 0. The number of carbonyl (C=O) groups is 1. The van der Waals surface area contributed by atoms with Gasteiger partial charge in [-0.05, 0) is 19.1 Å². The summed E-state index contributed by atoms with van der Waals surface area (Å²) in [4.78, 5) is 17.9. The number of likely N-dealkylation sites (N-methyl/N-ethyl adjacent to an activating group) is 1. The van der Waals surface area contributed by atoms with Crippen LogP contribution in [-0.4, -0.2) is 42.0 Å². The van der Waals surface area contributed by atoms with Gasteiger partial charge in [0.2, 0.25) is 0 Å². The van der Waals surface area contributed by atoms with E-state index in [0.717, 1.165) is 18.8 Å². The van der Waals surface area contributed by atoms with Crippen molar-refractivity contribution in [1.82, 2.24) is 15.2 Å². The number of hydrogen-bond acceptors (Lipinski definition) is 3. The van der Waals surface area contributed by atoms with Crippen molar-refractivity contribution in [2.45, 2.75) is 13.0 Å². The van der Waals surface area contributed by atoms with Crippen LogP contribution in [0, 0.1) is 6.92 Å². The van der Waals surface area contributed by atoms with E-state index in [0.29, 0.717) is 11.6 Å². The number of nitrogens with one attached hydrogen (secondary N) is 1. The van der Waals surface area contributed by atoms with Crippen LogP contribution in [0.4, 0.5) is 0 Å². The number of carbonyl (C=O) groups excluding carboxylic acids is 1. The lowest BCUT2D eigenvalue weighted by atomic mass is 10.1. The number of halogens is 2. The van der Waals surface area contributed by atoms with Gasteiger partial charge in [-0.15, -0.1) is 24.8 Å². The topological polar surface area (TPSA) is 45.2 Å². The van der Waals surface area contributed by atoms with E-state index >= 15 is 0 Å². The van der Waals surface area contributed by atoms with Gasteiger partial charge >= 0.3 is 0 Å². The van der Waals surface area contributed by atoms with Crippen LogP contribution in [0.25, 0.3) is 0 Å². The van der Waals surface area contributed by atoms with Crippen LogP contribution in [0.5, 0.6) is 0 Å². The van der Waals surface area contributed by atoms with E-state index in [1.165, 1.54) is 0 Å². The fraction of sp³-hybridized carbons (Fsp3) is 0.455. The number of nitrogens with zero attached hydrogens (tertiary/aromatic N) is 2. The zero-order chi connectivity index (χ0) is 10.8. The van der Waals surface area contributed by atoms with Gasteiger partial charge in [0.25, 0.3) is 5.91 Å². The van der Waals surface area contributed by atoms with Gasteiger partial charge in [-0.1, -0.05) is 0 Å². The normalized spacial score (nSPS) is 14.0. The highest BCUT2D eigenvalue weighted by atomic mass is 35.5. The third-order valence-corrected chi connectivity index (χ3v) is 2.79. The first-order valence-electron chi connectivity index (χ1n) is 5.09. The lowest BCUT2D eigenvalue weighted by Crippen LogP contribution is -2.57. The molecule has 2 heterocycles. The fourth-order valence-electron chi connectivity index (χ4n) is 1.51. The van der Waals surface area contributed by atoms with Gasteiger partial charge in [-0.2, -0.15) is 0 Å². The predicted octanol–water partition coefficient (Wildman–Crippen LogP) is 1.28. The minimum Gasteiger partial charge on any atom is -0.336 e. The summed E-state index contributed by atoms with van der Waals surface area (Å²) in [6.45, 7) is 3.69. The summed E-state index contributed by atoms with van der Waals surface area (Å²) in [6, 6.07) is 4.02. The standard InChI is InChI=1S/C11H15N3O.2ClH/c1-8-3-4-9(5-13-8)11(15)14(2)10-6-12-7-10;;/h3-5,10,12H,6-7H2,1-2H3;2*1H. The van der Waals surface area contributed by atoms with Crippen molar-refractivity contribution in [3.63, 3.8) is 0 Å². The summed E-state index contributed by atoms with van der Waals surface area (Å²) < 4.78 is 0. The summed E-state index contributed by atoms with van der Waals surface area (Å²) in [5, 5.41) is 3.15. The van der Waals surface area contributed by atoms with Crippen LogP contribution >= 0.6 is 24.8 Å². The van der Waals surface area contributed by atoms with Crippen LogP contribution in [0.15, 0.2) is 18.3 Å². The second-order valence-electron chi connectivity index (χ2n) is 3.92. The second-order valence-corrected chi connectivity index (χ2v) is 3.92. The summed E-state index contributed by atoms with van der Waals surface area (Å²) in [5.74, 6) is 0.0500. The Hall–Kier alpha value is -0.840. The molecular weight excluding hydrogens is 261 g/mol. The van der Waals surface area contributed by atoms with Crippen LogP contribution in [0.1, 0.15) is 16.1 Å². The molecule has 1 aliphatic heterocycles. The predicted molar refractivity (Wildman–Crippen MR) is 72.2 cm³/mol. The summed E-state index contributed by atoms with van der Waals surface area (Å²) >= 11 is 0. The number of hydrogen-bond donors (Lipinski definition) is 1. The molecule has 1 fully saturated rings. The first-order chi connectivity index (χ1) is 7.18. The Labute approximate surface area is 114 Å². The monoisotopic (exact) mass is 277 g/mol. The van der Waals surface area contributed by atoms with E-state index in [2.05, 4.69) is 10.3 Å². The third kappa shape index (κ3) is 3.56. The average molecular weight is 278 g/mol. The van der Waals surface area contributed by atoms with Crippen LogP contribution in [0.2, 0.25) is 0 Å². The molecule has 1 N–H and O–H groups in total. The molecule has 0 bridgehead atoms. The Morgan fingerprint density at radius 1 is 1.41 bits per heavy atom. The Kier molecular flexibility index (Phi) is 6.45. The lowest BCUT2D eigenvalue weighted by molar-refractivity contribution is 0.0681. The van der Waals surface area contributed by atoms with Crippen molar-refractivity contribution >= 4 is 30.7 Å². The maximum atomic E-state index is 11.9. The van der Waals surface area contributed by atoms with Crippen LogP contribution in [0.3, 0.4) is 0 Å². The van der Waals surface area contributed by atoms with E-state index in [4.69, 9.17) is 0 Å². The molecular formula is C11H17Cl2N3O. The molecule has 1 aromatic heterocycles. The van der Waals surface area contributed by atoms with Crippen LogP contribution < -0.4 is 5.32 Å². The number of amides is 1. The maximum Gasteiger partial charge on any atom is 0.255 e. The molecule has 1 saturated heterocycles.